The first kappa shape index (κ1) is 15.0. The van der Waals surface area contributed by atoms with Crippen molar-refractivity contribution >= 4 is 17.4 Å². The van der Waals surface area contributed by atoms with E-state index in [4.69, 9.17) is 0 Å². The molecule has 0 spiro atoms. The Labute approximate surface area is 124 Å². The van der Waals surface area contributed by atoms with Crippen LogP contribution in [0, 0.1) is 12.8 Å². The van der Waals surface area contributed by atoms with Crippen molar-refractivity contribution in [2.75, 3.05) is 11.9 Å². The number of carbonyl (C=O) groups excluding carboxylic acids is 1. The maximum Gasteiger partial charge on any atom is 0.271 e. The summed E-state index contributed by atoms with van der Waals surface area (Å²) in [7, 11) is 0. The van der Waals surface area contributed by atoms with E-state index in [1.807, 2.05) is 45.0 Å². The number of hydrogen-bond acceptors (Lipinski definition) is 4. The van der Waals surface area contributed by atoms with E-state index in [0.29, 0.717) is 24.0 Å². The molecule has 0 aliphatic heterocycles. The van der Waals surface area contributed by atoms with E-state index in [9.17, 15) is 4.79 Å². The molecule has 2 N–H and O–H groups in total. The van der Waals surface area contributed by atoms with E-state index in [-0.39, 0.29) is 5.91 Å². The van der Waals surface area contributed by atoms with Gasteiger partial charge >= 0.3 is 0 Å². The minimum absolute atomic E-state index is 0.196. The topological polar surface area (TPSA) is 66.9 Å². The number of amides is 1. The Hall–Kier alpha value is -2.43. The molecule has 0 unspecified atom stereocenters. The predicted octanol–water partition coefficient (Wildman–Crippen LogP) is 2.91. The standard InChI is InChI=1S/C16H20N4O/c1-11(2)10-17-16(21)14-8-9-15(20-19-14)18-13-7-5-4-6-12(13)3/h4-9,11H,10H2,1-3H3,(H,17,21)(H,18,20). The van der Waals surface area contributed by atoms with Gasteiger partial charge in [-0.25, -0.2) is 0 Å². The minimum atomic E-state index is -0.196. The van der Waals surface area contributed by atoms with Crippen LogP contribution in [0.4, 0.5) is 11.5 Å². The monoisotopic (exact) mass is 284 g/mol. The van der Waals surface area contributed by atoms with E-state index in [0.717, 1.165) is 11.3 Å². The molecule has 1 aromatic heterocycles. The SMILES string of the molecule is Cc1ccccc1Nc1ccc(C(=O)NCC(C)C)nn1. The van der Waals surface area contributed by atoms with Crippen LogP contribution in [-0.2, 0) is 0 Å². The smallest absolute Gasteiger partial charge is 0.271 e. The number of carbonyl (C=O) groups is 1. The highest BCUT2D eigenvalue weighted by atomic mass is 16.1. The number of rotatable bonds is 5. The van der Waals surface area contributed by atoms with Crippen molar-refractivity contribution in [3.8, 4) is 0 Å². The van der Waals surface area contributed by atoms with Crippen molar-refractivity contribution in [1.29, 1.82) is 0 Å². The average molecular weight is 284 g/mol. The fourth-order valence-corrected chi connectivity index (χ4v) is 1.76. The van der Waals surface area contributed by atoms with Crippen LogP contribution in [0.25, 0.3) is 0 Å². The van der Waals surface area contributed by atoms with Gasteiger partial charge in [0.25, 0.3) is 5.91 Å². The van der Waals surface area contributed by atoms with Gasteiger partial charge < -0.3 is 10.6 Å². The van der Waals surface area contributed by atoms with Gasteiger partial charge in [0.1, 0.15) is 0 Å². The highest BCUT2D eigenvalue weighted by Gasteiger charge is 2.08. The van der Waals surface area contributed by atoms with Crippen LogP contribution in [0.5, 0.6) is 0 Å². The van der Waals surface area contributed by atoms with Crippen molar-refractivity contribution < 1.29 is 4.79 Å². The summed E-state index contributed by atoms with van der Waals surface area (Å²) in [6, 6.07) is 11.3. The first-order valence-electron chi connectivity index (χ1n) is 7.01. The van der Waals surface area contributed by atoms with E-state index >= 15 is 0 Å². The number of nitrogens with one attached hydrogen (secondary N) is 2. The molecule has 0 radical (unpaired) electrons. The van der Waals surface area contributed by atoms with Crippen LogP contribution in [0.15, 0.2) is 36.4 Å². The molecule has 1 amide bonds. The van der Waals surface area contributed by atoms with Gasteiger partial charge in [-0.15, -0.1) is 10.2 Å². The van der Waals surface area contributed by atoms with E-state index in [1.54, 1.807) is 12.1 Å². The maximum atomic E-state index is 11.8. The molecule has 2 rings (SSSR count). The summed E-state index contributed by atoms with van der Waals surface area (Å²) in [6.07, 6.45) is 0. The molecule has 1 heterocycles. The quantitative estimate of drug-likeness (QED) is 0.886. The number of nitrogens with zero attached hydrogens (tertiary/aromatic N) is 2. The van der Waals surface area contributed by atoms with Crippen molar-refractivity contribution in [3.63, 3.8) is 0 Å². The third kappa shape index (κ3) is 4.27. The van der Waals surface area contributed by atoms with Crippen molar-refractivity contribution in [1.82, 2.24) is 15.5 Å². The summed E-state index contributed by atoms with van der Waals surface area (Å²) in [5, 5.41) is 14.0. The number of para-hydroxylation sites is 1. The van der Waals surface area contributed by atoms with Gasteiger partial charge in [0.05, 0.1) is 0 Å². The lowest BCUT2D eigenvalue weighted by molar-refractivity contribution is 0.0943. The Morgan fingerprint density at radius 3 is 2.52 bits per heavy atom. The summed E-state index contributed by atoms with van der Waals surface area (Å²) >= 11 is 0. The lowest BCUT2D eigenvalue weighted by Gasteiger charge is -2.09. The molecule has 0 aliphatic rings. The number of aryl methyl sites for hydroxylation is 1. The number of benzene rings is 1. The molecule has 110 valence electrons. The first-order valence-corrected chi connectivity index (χ1v) is 7.01. The highest BCUT2D eigenvalue weighted by Crippen LogP contribution is 2.17. The van der Waals surface area contributed by atoms with Gasteiger partial charge in [-0.2, -0.15) is 0 Å². The van der Waals surface area contributed by atoms with Gasteiger partial charge in [-0.3, -0.25) is 4.79 Å². The second-order valence-corrected chi connectivity index (χ2v) is 5.35. The van der Waals surface area contributed by atoms with Crippen LogP contribution in [0.2, 0.25) is 0 Å². The fraction of sp³-hybridized carbons (Fsp3) is 0.312. The maximum absolute atomic E-state index is 11.8. The zero-order valence-electron chi connectivity index (χ0n) is 12.6. The van der Waals surface area contributed by atoms with Gasteiger partial charge in [-0.1, -0.05) is 32.0 Å². The van der Waals surface area contributed by atoms with Crippen LogP contribution < -0.4 is 10.6 Å². The second-order valence-electron chi connectivity index (χ2n) is 5.35. The molecular weight excluding hydrogens is 264 g/mol. The highest BCUT2D eigenvalue weighted by molar-refractivity contribution is 5.92. The van der Waals surface area contributed by atoms with Gasteiger partial charge in [0.2, 0.25) is 0 Å². The first-order chi connectivity index (χ1) is 10.1. The second kappa shape index (κ2) is 6.83. The lowest BCUT2D eigenvalue weighted by atomic mass is 10.2. The van der Waals surface area contributed by atoms with Gasteiger partial charge in [0.15, 0.2) is 11.5 Å². The molecule has 5 heteroatoms. The molecule has 0 bridgehead atoms. The Morgan fingerprint density at radius 2 is 1.90 bits per heavy atom. The zero-order valence-corrected chi connectivity index (χ0v) is 12.6. The molecule has 0 atom stereocenters. The molecule has 0 saturated heterocycles. The Bertz CT molecular complexity index is 608. The largest absolute Gasteiger partial charge is 0.350 e. The summed E-state index contributed by atoms with van der Waals surface area (Å²) in [4.78, 5) is 11.8. The van der Waals surface area contributed by atoms with E-state index in [1.165, 1.54) is 0 Å². The van der Waals surface area contributed by atoms with Crippen molar-refractivity contribution in [2.24, 2.45) is 5.92 Å². The summed E-state index contributed by atoms with van der Waals surface area (Å²) in [6.45, 7) is 6.73. The Kier molecular flexibility index (Phi) is 4.87. The summed E-state index contributed by atoms with van der Waals surface area (Å²) < 4.78 is 0. The molecule has 5 nitrogen and oxygen atoms in total. The van der Waals surface area contributed by atoms with Crippen LogP contribution >= 0.6 is 0 Å². The van der Waals surface area contributed by atoms with Crippen LogP contribution in [-0.4, -0.2) is 22.6 Å². The summed E-state index contributed by atoms with van der Waals surface area (Å²) in [5.74, 6) is 0.826. The number of hydrogen-bond donors (Lipinski definition) is 2. The molecule has 21 heavy (non-hydrogen) atoms. The molecule has 2 aromatic rings. The minimum Gasteiger partial charge on any atom is -0.350 e. The number of anilines is 2. The Morgan fingerprint density at radius 1 is 1.14 bits per heavy atom. The van der Waals surface area contributed by atoms with Crippen LogP contribution in [0.1, 0.15) is 29.9 Å². The van der Waals surface area contributed by atoms with Gasteiger partial charge in [0, 0.05) is 12.2 Å². The lowest BCUT2D eigenvalue weighted by Crippen LogP contribution is -2.28. The third-order valence-electron chi connectivity index (χ3n) is 2.98. The normalized spacial score (nSPS) is 10.5. The molecule has 1 aromatic carbocycles. The van der Waals surface area contributed by atoms with Crippen molar-refractivity contribution in [3.05, 3.63) is 47.7 Å². The molecule has 0 saturated carbocycles. The molecule has 0 aliphatic carbocycles. The average Bonchev–Trinajstić information content (AvgIpc) is 2.48. The fourth-order valence-electron chi connectivity index (χ4n) is 1.76. The predicted molar refractivity (Wildman–Crippen MR) is 83.7 cm³/mol. The van der Waals surface area contributed by atoms with Crippen LogP contribution in [0.3, 0.4) is 0 Å². The molecular formula is C16H20N4O. The van der Waals surface area contributed by atoms with Gasteiger partial charge in [-0.05, 0) is 36.6 Å². The van der Waals surface area contributed by atoms with Crippen molar-refractivity contribution in [2.45, 2.75) is 20.8 Å². The number of aromatic nitrogens is 2. The molecule has 0 fully saturated rings. The van der Waals surface area contributed by atoms with E-state index < -0.39 is 0 Å². The Balaban J connectivity index is 2.02. The summed E-state index contributed by atoms with van der Waals surface area (Å²) in [5.41, 5.74) is 2.42. The zero-order chi connectivity index (χ0) is 15.2. The third-order valence-corrected chi connectivity index (χ3v) is 2.98. The van der Waals surface area contributed by atoms with E-state index in [2.05, 4.69) is 20.8 Å².